The average Bonchev–Trinajstić information content (AvgIpc) is 2.51. The molecule has 0 aliphatic carbocycles. The summed E-state index contributed by atoms with van der Waals surface area (Å²) in [5.41, 5.74) is 0.723. The molecule has 1 saturated heterocycles. The minimum atomic E-state index is -0.307. The Morgan fingerprint density at radius 1 is 1.35 bits per heavy atom. The van der Waals surface area contributed by atoms with Crippen molar-refractivity contribution >= 4 is 28.3 Å². The van der Waals surface area contributed by atoms with Crippen molar-refractivity contribution in [2.75, 3.05) is 39.9 Å². The number of aromatic hydroxyl groups is 1. The molecule has 0 aromatic heterocycles. The molecule has 0 amide bonds. The van der Waals surface area contributed by atoms with Crippen molar-refractivity contribution in [3.05, 3.63) is 22.2 Å². The zero-order valence-corrected chi connectivity index (χ0v) is 16.2. The van der Waals surface area contributed by atoms with Gasteiger partial charge in [0.25, 0.3) is 0 Å². The zero-order valence-electron chi connectivity index (χ0n) is 13.8. The number of aliphatic hydroxyl groups excluding tert-OH is 1. The molecular formula is C16H26BrClN2O3. The number of benzene rings is 1. The van der Waals surface area contributed by atoms with Crippen LogP contribution in [0.2, 0.25) is 0 Å². The first-order valence-electron chi connectivity index (χ1n) is 7.52. The van der Waals surface area contributed by atoms with Crippen molar-refractivity contribution in [1.82, 2.24) is 10.2 Å². The van der Waals surface area contributed by atoms with Gasteiger partial charge >= 0.3 is 0 Å². The van der Waals surface area contributed by atoms with E-state index in [4.69, 9.17) is 4.74 Å². The van der Waals surface area contributed by atoms with Crippen LogP contribution in [0, 0.1) is 5.41 Å². The molecule has 7 heteroatoms. The Kier molecular flexibility index (Phi) is 7.61. The van der Waals surface area contributed by atoms with Crippen molar-refractivity contribution in [3.8, 4) is 11.5 Å². The number of halogens is 2. The van der Waals surface area contributed by atoms with Gasteiger partial charge in [0.15, 0.2) is 11.5 Å². The number of hydrogen-bond donors (Lipinski definition) is 3. The highest BCUT2D eigenvalue weighted by Crippen LogP contribution is 2.43. The fraction of sp³-hybridized carbons (Fsp3) is 0.625. The van der Waals surface area contributed by atoms with Crippen LogP contribution < -0.4 is 10.1 Å². The van der Waals surface area contributed by atoms with E-state index in [-0.39, 0.29) is 36.2 Å². The van der Waals surface area contributed by atoms with Gasteiger partial charge in [-0.05, 0) is 33.6 Å². The molecule has 0 unspecified atom stereocenters. The topological polar surface area (TPSA) is 65.0 Å². The molecule has 23 heavy (non-hydrogen) atoms. The molecule has 1 aromatic rings. The molecule has 2 rings (SSSR count). The second-order valence-corrected chi connectivity index (χ2v) is 7.24. The maximum atomic E-state index is 10.0. The number of phenolic OH excluding ortho intramolecular Hbond substituents is 1. The maximum Gasteiger partial charge on any atom is 0.172 e. The van der Waals surface area contributed by atoms with Gasteiger partial charge < -0.3 is 20.3 Å². The van der Waals surface area contributed by atoms with E-state index in [1.807, 2.05) is 12.1 Å². The quantitative estimate of drug-likeness (QED) is 0.697. The third-order valence-corrected chi connectivity index (χ3v) is 4.86. The summed E-state index contributed by atoms with van der Waals surface area (Å²) < 4.78 is 5.88. The minimum Gasteiger partial charge on any atom is -0.503 e. The fourth-order valence-corrected chi connectivity index (χ4v) is 3.55. The Hall–Kier alpha value is -0.530. The van der Waals surface area contributed by atoms with E-state index in [1.54, 1.807) is 7.11 Å². The summed E-state index contributed by atoms with van der Waals surface area (Å²) in [6, 6.07) is 3.83. The SMILES string of the molecule is COc1cc([C@H](N2CCNCC2)C(C)(C)CO)cc(Br)c1O.Cl. The van der Waals surface area contributed by atoms with Crippen molar-refractivity contribution in [2.45, 2.75) is 19.9 Å². The fourth-order valence-electron chi connectivity index (χ4n) is 3.09. The van der Waals surface area contributed by atoms with Gasteiger partial charge in [-0.25, -0.2) is 0 Å². The van der Waals surface area contributed by atoms with Crippen LogP contribution in [-0.4, -0.2) is 55.0 Å². The highest BCUT2D eigenvalue weighted by Gasteiger charge is 2.36. The molecular weight excluding hydrogens is 384 g/mol. The summed E-state index contributed by atoms with van der Waals surface area (Å²) in [5.74, 6) is 0.547. The van der Waals surface area contributed by atoms with Crippen LogP contribution in [0.1, 0.15) is 25.5 Å². The van der Waals surface area contributed by atoms with Gasteiger partial charge in [0, 0.05) is 44.2 Å². The summed E-state index contributed by atoms with van der Waals surface area (Å²) in [5, 5.41) is 23.3. The first-order valence-corrected chi connectivity index (χ1v) is 8.32. The van der Waals surface area contributed by atoms with Crippen LogP contribution in [0.3, 0.4) is 0 Å². The van der Waals surface area contributed by atoms with Crippen LogP contribution in [0.5, 0.6) is 11.5 Å². The summed E-state index contributed by atoms with van der Waals surface area (Å²) in [6.07, 6.45) is 0. The van der Waals surface area contributed by atoms with Crippen LogP contribution in [-0.2, 0) is 0 Å². The van der Waals surface area contributed by atoms with Crippen molar-refractivity contribution in [3.63, 3.8) is 0 Å². The van der Waals surface area contributed by atoms with Gasteiger partial charge in [0.2, 0.25) is 0 Å². The van der Waals surface area contributed by atoms with Crippen LogP contribution in [0.25, 0.3) is 0 Å². The summed E-state index contributed by atoms with van der Waals surface area (Å²) >= 11 is 3.40. The van der Waals surface area contributed by atoms with Crippen molar-refractivity contribution in [1.29, 1.82) is 0 Å². The second kappa shape index (κ2) is 8.53. The van der Waals surface area contributed by atoms with Crippen LogP contribution in [0.4, 0.5) is 0 Å². The second-order valence-electron chi connectivity index (χ2n) is 6.39. The maximum absolute atomic E-state index is 10.0. The molecule has 5 nitrogen and oxygen atoms in total. The predicted molar refractivity (Wildman–Crippen MR) is 97.7 cm³/mol. The minimum absolute atomic E-state index is 0. The number of rotatable bonds is 5. The van der Waals surface area contributed by atoms with E-state index >= 15 is 0 Å². The number of methoxy groups -OCH3 is 1. The van der Waals surface area contributed by atoms with Gasteiger partial charge in [-0.1, -0.05) is 13.8 Å². The lowest BCUT2D eigenvalue weighted by molar-refractivity contribution is 0.0303. The van der Waals surface area contributed by atoms with Gasteiger partial charge in [0.1, 0.15) is 0 Å². The van der Waals surface area contributed by atoms with Gasteiger partial charge in [-0.15, -0.1) is 12.4 Å². The summed E-state index contributed by atoms with van der Waals surface area (Å²) in [7, 11) is 1.54. The lowest BCUT2D eigenvalue weighted by atomic mass is 9.79. The third-order valence-electron chi connectivity index (χ3n) is 4.25. The Labute approximate surface area is 152 Å². The number of phenols is 1. The van der Waals surface area contributed by atoms with Crippen LogP contribution >= 0.6 is 28.3 Å². The van der Waals surface area contributed by atoms with E-state index in [0.29, 0.717) is 10.2 Å². The molecule has 0 saturated carbocycles. The number of nitrogens with one attached hydrogen (secondary N) is 1. The van der Waals surface area contributed by atoms with Gasteiger partial charge in [-0.2, -0.15) is 0 Å². The van der Waals surface area contributed by atoms with Crippen molar-refractivity contribution in [2.24, 2.45) is 5.41 Å². The predicted octanol–water partition coefficient (Wildman–Crippen LogP) is 2.55. The van der Waals surface area contributed by atoms with E-state index in [0.717, 1.165) is 31.7 Å². The number of ether oxygens (including phenoxy) is 1. The molecule has 1 aromatic carbocycles. The molecule has 1 atom stereocenters. The summed E-state index contributed by atoms with van der Waals surface area (Å²) in [4.78, 5) is 2.38. The molecule has 0 spiro atoms. The Morgan fingerprint density at radius 3 is 2.48 bits per heavy atom. The van der Waals surface area contributed by atoms with E-state index in [2.05, 4.69) is 40.0 Å². The first-order chi connectivity index (χ1) is 10.4. The molecule has 0 bridgehead atoms. The van der Waals surface area contributed by atoms with Gasteiger partial charge in [-0.3, -0.25) is 4.90 Å². The highest BCUT2D eigenvalue weighted by molar-refractivity contribution is 9.10. The smallest absolute Gasteiger partial charge is 0.172 e. The normalized spacial score (nSPS) is 17.4. The van der Waals surface area contributed by atoms with E-state index < -0.39 is 0 Å². The monoisotopic (exact) mass is 408 g/mol. The number of nitrogens with zero attached hydrogens (tertiary/aromatic N) is 1. The number of hydrogen-bond acceptors (Lipinski definition) is 5. The molecule has 0 radical (unpaired) electrons. The lowest BCUT2D eigenvalue weighted by Gasteiger charge is -2.43. The highest BCUT2D eigenvalue weighted by atomic mass is 79.9. The average molecular weight is 410 g/mol. The molecule has 3 N–H and O–H groups in total. The lowest BCUT2D eigenvalue weighted by Crippen LogP contribution is -2.49. The Bertz CT molecular complexity index is 522. The largest absolute Gasteiger partial charge is 0.503 e. The Morgan fingerprint density at radius 2 is 1.96 bits per heavy atom. The summed E-state index contributed by atoms with van der Waals surface area (Å²) in [6.45, 7) is 7.94. The number of aliphatic hydroxyl groups is 1. The van der Waals surface area contributed by atoms with E-state index in [1.165, 1.54) is 0 Å². The zero-order chi connectivity index (χ0) is 16.3. The molecule has 1 fully saturated rings. The number of piperazine rings is 1. The van der Waals surface area contributed by atoms with Gasteiger partial charge in [0.05, 0.1) is 11.6 Å². The molecule has 132 valence electrons. The Balaban J connectivity index is 0.00000264. The first kappa shape index (κ1) is 20.5. The van der Waals surface area contributed by atoms with Crippen molar-refractivity contribution < 1.29 is 14.9 Å². The standard InChI is InChI=1S/C16H25BrN2O3.ClH/c1-16(2,10-20)15(19-6-4-18-5-7-19)11-8-12(17)14(21)13(9-11)22-3;/h8-9,15,18,20-21H,4-7,10H2,1-3H3;1H/t15-;/m0./s1. The van der Waals surface area contributed by atoms with E-state index in [9.17, 15) is 10.2 Å². The molecule has 1 aliphatic heterocycles. The molecule has 1 aliphatic rings. The molecule has 1 heterocycles. The third kappa shape index (κ3) is 4.51. The van der Waals surface area contributed by atoms with Crippen LogP contribution in [0.15, 0.2) is 16.6 Å².